The van der Waals surface area contributed by atoms with E-state index in [1.165, 1.54) is 0 Å². The maximum Gasteiger partial charge on any atom is 0.307 e. The van der Waals surface area contributed by atoms with E-state index in [4.69, 9.17) is 21.1 Å². The Bertz CT molecular complexity index is 647. The Hall–Kier alpha value is -1.55. The van der Waals surface area contributed by atoms with Crippen LogP contribution in [0.15, 0.2) is 22.6 Å². The number of carbonyl (C=O) groups is 1. The van der Waals surface area contributed by atoms with Gasteiger partial charge in [-0.2, -0.15) is 0 Å². The zero-order valence-electron chi connectivity index (χ0n) is 9.98. The predicted molar refractivity (Wildman–Crippen MR) is 66.7 cm³/mol. The van der Waals surface area contributed by atoms with Crippen molar-refractivity contribution >= 4 is 28.7 Å². The average molecular weight is 266 g/mol. The first-order valence-corrected chi connectivity index (χ1v) is 6.08. The molecule has 3 rings (SSSR count). The lowest BCUT2D eigenvalue weighted by atomic mass is 10.1. The number of nitrogens with zero attached hydrogens (tertiary/aromatic N) is 1. The first kappa shape index (κ1) is 11.5. The summed E-state index contributed by atoms with van der Waals surface area (Å²) in [6.07, 6.45) is 0. The smallest absolute Gasteiger partial charge is 0.307 e. The van der Waals surface area contributed by atoms with Gasteiger partial charge in [0.05, 0.1) is 16.9 Å². The number of para-hydroxylation sites is 1. The molecule has 1 N–H and O–H groups in total. The lowest BCUT2D eigenvalue weighted by Gasteiger charge is -1.96. The maximum absolute atomic E-state index is 11.1. The Morgan fingerprint density at radius 3 is 2.78 bits per heavy atom. The highest BCUT2D eigenvalue weighted by Gasteiger charge is 2.65. The number of hydrogen-bond donors (Lipinski definition) is 1. The second kappa shape index (κ2) is 3.48. The first-order chi connectivity index (χ1) is 8.43. The maximum atomic E-state index is 11.1. The van der Waals surface area contributed by atoms with Gasteiger partial charge < -0.3 is 9.52 Å². The molecule has 5 heteroatoms. The minimum absolute atomic E-state index is 0.182. The molecule has 2 unspecified atom stereocenters. The SMILES string of the molecule is CC1(C)C(C(=O)O)C1c1nc2cccc(Cl)c2o1. The van der Waals surface area contributed by atoms with Gasteiger partial charge >= 0.3 is 5.97 Å². The third-order valence-corrected chi connectivity index (χ3v) is 4.04. The topological polar surface area (TPSA) is 63.3 Å². The minimum Gasteiger partial charge on any atom is -0.481 e. The van der Waals surface area contributed by atoms with Crippen LogP contribution < -0.4 is 0 Å². The second-order valence-electron chi connectivity index (χ2n) is 5.26. The molecule has 0 bridgehead atoms. The molecule has 4 nitrogen and oxygen atoms in total. The van der Waals surface area contributed by atoms with Crippen molar-refractivity contribution in [1.82, 2.24) is 4.98 Å². The van der Waals surface area contributed by atoms with Gasteiger partial charge in [0.2, 0.25) is 0 Å². The number of carboxylic acids is 1. The Kier molecular flexibility index (Phi) is 2.23. The molecule has 0 amide bonds. The predicted octanol–water partition coefficient (Wildman–Crippen LogP) is 3.31. The van der Waals surface area contributed by atoms with Crippen LogP contribution in [0.25, 0.3) is 11.1 Å². The molecule has 1 saturated carbocycles. The van der Waals surface area contributed by atoms with Crippen LogP contribution in [-0.2, 0) is 4.79 Å². The summed E-state index contributed by atoms with van der Waals surface area (Å²) in [5.41, 5.74) is 0.879. The molecular weight excluding hydrogens is 254 g/mol. The molecule has 94 valence electrons. The van der Waals surface area contributed by atoms with Crippen molar-refractivity contribution in [3.05, 3.63) is 29.1 Å². The van der Waals surface area contributed by atoms with Crippen molar-refractivity contribution in [1.29, 1.82) is 0 Å². The lowest BCUT2D eigenvalue weighted by molar-refractivity contribution is -0.139. The molecule has 1 fully saturated rings. The van der Waals surface area contributed by atoms with Crippen LogP contribution >= 0.6 is 11.6 Å². The number of carboxylic acid groups (broad SMARTS) is 1. The summed E-state index contributed by atoms with van der Waals surface area (Å²) in [5.74, 6) is -0.961. The summed E-state index contributed by atoms with van der Waals surface area (Å²) in [4.78, 5) is 15.5. The summed E-state index contributed by atoms with van der Waals surface area (Å²) < 4.78 is 5.63. The van der Waals surface area contributed by atoms with Crippen LogP contribution in [0.2, 0.25) is 5.02 Å². The van der Waals surface area contributed by atoms with E-state index >= 15 is 0 Å². The van der Waals surface area contributed by atoms with Gasteiger partial charge in [0.1, 0.15) is 5.52 Å². The van der Waals surface area contributed by atoms with Crippen LogP contribution in [0.4, 0.5) is 0 Å². The van der Waals surface area contributed by atoms with E-state index in [1.807, 2.05) is 13.8 Å². The summed E-state index contributed by atoms with van der Waals surface area (Å²) in [5, 5.41) is 9.65. The molecule has 1 aliphatic rings. The largest absolute Gasteiger partial charge is 0.481 e. The Morgan fingerprint density at radius 1 is 1.50 bits per heavy atom. The highest BCUT2D eigenvalue weighted by molar-refractivity contribution is 6.34. The number of fused-ring (bicyclic) bond motifs is 1. The average Bonchev–Trinajstić information content (AvgIpc) is 2.68. The fourth-order valence-electron chi connectivity index (χ4n) is 2.63. The van der Waals surface area contributed by atoms with Crippen molar-refractivity contribution in [3.63, 3.8) is 0 Å². The minimum atomic E-state index is -0.807. The van der Waals surface area contributed by atoms with Gasteiger partial charge in [-0.3, -0.25) is 4.79 Å². The zero-order chi connectivity index (χ0) is 13.1. The number of oxazole rings is 1. The van der Waals surface area contributed by atoms with Gasteiger partial charge in [-0.25, -0.2) is 4.98 Å². The van der Waals surface area contributed by atoms with Crippen molar-refractivity contribution in [3.8, 4) is 0 Å². The van der Waals surface area contributed by atoms with Gasteiger partial charge in [0.15, 0.2) is 11.5 Å². The quantitative estimate of drug-likeness (QED) is 0.905. The Balaban J connectivity index is 2.07. The van der Waals surface area contributed by atoms with Gasteiger partial charge in [-0.05, 0) is 17.5 Å². The van der Waals surface area contributed by atoms with E-state index in [9.17, 15) is 4.79 Å². The van der Waals surface area contributed by atoms with E-state index in [0.717, 1.165) is 0 Å². The molecule has 2 aromatic rings. The fraction of sp³-hybridized carbons (Fsp3) is 0.385. The standard InChI is InChI=1S/C13H12ClNO3/c1-13(2)8(9(13)12(16)17)11-15-7-5-3-4-6(14)10(7)18-11/h3-5,8-9H,1-2H3,(H,16,17). The summed E-state index contributed by atoms with van der Waals surface area (Å²) in [7, 11) is 0. The van der Waals surface area contributed by atoms with Crippen molar-refractivity contribution in [2.24, 2.45) is 11.3 Å². The van der Waals surface area contributed by atoms with Crippen molar-refractivity contribution < 1.29 is 14.3 Å². The van der Waals surface area contributed by atoms with Crippen molar-refractivity contribution in [2.75, 3.05) is 0 Å². The molecule has 0 spiro atoms. The molecule has 0 saturated heterocycles. The Morgan fingerprint density at radius 2 is 2.22 bits per heavy atom. The normalized spacial score (nSPS) is 25.3. The fourth-order valence-corrected chi connectivity index (χ4v) is 2.83. The van der Waals surface area contributed by atoms with E-state index in [-0.39, 0.29) is 11.3 Å². The summed E-state index contributed by atoms with van der Waals surface area (Å²) in [6.45, 7) is 3.82. The van der Waals surface area contributed by atoms with Crippen molar-refractivity contribution in [2.45, 2.75) is 19.8 Å². The van der Waals surface area contributed by atoms with Gasteiger partial charge in [0.25, 0.3) is 0 Å². The molecule has 1 heterocycles. The number of rotatable bonds is 2. The molecule has 1 aromatic carbocycles. The summed E-state index contributed by atoms with van der Waals surface area (Å²) >= 11 is 6.02. The number of halogens is 1. The number of benzene rings is 1. The number of hydrogen-bond acceptors (Lipinski definition) is 3. The van der Waals surface area contributed by atoms with Crippen LogP contribution in [-0.4, -0.2) is 16.1 Å². The van der Waals surface area contributed by atoms with Gasteiger partial charge in [-0.15, -0.1) is 0 Å². The van der Waals surface area contributed by atoms with Crippen LogP contribution in [0.5, 0.6) is 0 Å². The summed E-state index contributed by atoms with van der Waals surface area (Å²) in [6, 6.07) is 5.33. The molecular formula is C13H12ClNO3. The molecule has 1 aliphatic carbocycles. The molecule has 1 aromatic heterocycles. The second-order valence-corrected chi connectivity index (χ2v) is 5.66. The zero-order valence-corrected chi connectivity index (χ0v) is 10.7. The third-order valence-electron chi connectivity index (χ3n) is 3.74. The molecule has 0 radical (unpaired) electrons. The van der Waals surface area contributed by atoms with E-state index in [0.29, 0.717) is 22.0 Å². The number of aromatic nitrogens is 1. The third kappa shape index (κ3) is 1.45. The van der Waals surface area contributed by atoms with Crippen LogP contribution in [0.3, 0.4) is 0 Å². The molecule has 0 aliphatic heterocycles. The van der Waals surface area contributed by atoms with E-state index < -0.39 is 11.9 Å². The monoisotopic (exact) mass is 265 g/mol. The first-order valence-electron chi connectivity index (χ1n) is 5.70. The lowest BCUT2D eigenvalue weighted by Crippen LogP contribution is -2.03. The van der Waals surface area contributed by atoms with Gasteiger partial charge in [-0.1, -0.05) is 31.5 Å². The van der Waals surface area contributed by atoms with Crippen LogP contribution in [0, 0.1) is 11.3 Å². The van der Waals surface area contributed by atoms with Gasteiger partial charge in [0, 0.05) is 0 Å². The Labute approximate surface area is 109 Å². The number of aliphatic carboxylic acids is 1. The van der Waals surface area contributed by atoms with E-state index in [2.05, 4.69) is 4.98 Å². The highest BCUT2D eigenvalue weighted by Crippen LogP contribution is 2.64. The highest BCUT2D eigenvalue weighted by atomic mass is 35.5. The van der Waals surface area contributed by atoms with Crippen LogP contribution in [0.1, 0.15) is 25.7 Å². The van der Waals surface area contributed by atoms with E-state index in [1.54, 1.807) is 18.2 Å². The molecule has 2 atom stereocenters. The molecule has 18 heavy (non-hydrogen) atoms.